The molecule has 1 aromatic rings. The fourth-order valence-electron chi connectivity index (χ4n) is 2.53. The van der Waals surface area contributed by atoms with Gasteiger partial charge in [-0.15, -0.1) is 0 Å². The van der Waals surface area contributed by atoms with Crippen molar-refractivity contribution in [2.45, 2.75) is 39.0 Å². The molecule has 0 bridgehead atoms. The van der Waals surface area contributed by atoms with Crippen LogP contribution in [0.3, 0.4) is 0 Å². The molecule has 0 atom stereocenters. The molecule has 0 radical (unpaired) electrons. The van der Waals surface area contributed by atoms with Gasteiger partial charge in [-0.2, -0.15) is 0 Å². The highest BCUT2D eigenvalue weighted by Gasteiger charge is 2.26. The number of ether oxygens (including phenoxy) is 1. The van der Waals surface area contributed by atoms with Crippen molar-refractivity contribution in [2.75, 3.05) is 25.1 Å². The zero-order valence-electron chi connectivity index (χ0n) is 12.8. The van der Waals surface area contributed by atoms with Crippen LogP contribution in [0.1, 0.15) is 39.2 Å². The molecule has 0 amide bonds. The second kappa shape index (κ2) is 5.81. The molecule has 1 aliphatic rings. The number of hydrogen-bond acceptors (Lipinski definition) is 4. The first-order valence-corrected chi connectivity index (χ1v) is 7.21. The zero-order valence-corrected chi connectivity index (χ0v) is 12.8. The van der Waals surface area contributed by atoms with Crippen molar-refractivity contribution >= 4 is 11.8 Å². The minimum atomic E-state index is -0.0827. The Hall–Kier alpha value is -1.58. The SMILES string of the molecule is COC(=O)C1CCN(c2ccc(C(C)(C)C)cn2)CC1. The van der Waals surface area contributed by atoms with Crippen LogP contribution >= 0.6 is 0 Å². The van der Waals surface area contributed by atoms with E-state index in [1.165, 1.54) is 12.7 Å². The molecule has 0 N–H and O–H groups in total. The molecule has 1 aromatic heterocycles. The van der Waals surface area contributed by atoms with Crippen molar-refractivity contribution in [3.63, 3.8) is 0 Å². The lowest BCUT2D eigenvalue weighted by atomic mass is 9.88. The average molecular weight is 276 g/mol. The monoisotopic (exact) mass is 276 g/mol. The number of aromatic nitrogens is 1. The fourth-order valence-corrected chi connectivity index (χ4v) is 2.53. The summed E-state index contributed by atoms with van der Waals surface area (Å²) >= 11 is 0. The molecule has 4 nitrogen and oxygen atoms in total. The number of carbonyl (C=O) groups excluding carboxylic acids is 1. The highest BCUT2D eigenvalue weighted by molar-refractivity contribution is 5.72. The van der Waals surface area contributed by atoms with Crippen molar-refractivity contribution in [3.05, 3.63) is 23.9 Å². The van der Waals surface area contributed by atoms with Crippen LogP contribution < -0.4 is 4.90 Å². The van der Waals surface area contributed by atoms with Gasteiger partial charge in [-0.05, 0) is 29.9 Å². The highest BCUT2D eigenvalue weighted by Crippen LogP contribution is 2.26. The number of hydrogen-bond donors (Lipinski definition) is 0. The van der Waals surface area contributed by atoms with Gasteiger partial charge in [-0.1, -0.05) is 26.8 Å². The van der Waals surface area contributed by atoms with Crippen LogP contribution in [0.4, 0.5) is 5.82 Å². The van der Waals surface area contributed by atoms with E-state index in [2.05, 4.69) is 42.8 Å². The van der Waals surface area contributed by atoms with E-state index in [0.717, 1.165) is 31.7 Å². The number of rotatable bonds is 2. The summed E-state index contributed by atoms with van der Waals surface area (Å²) in [6, 6.07) is 4.23. The Bertz CT molecular complexity index is 454. The van der Waals surface area contributed by atoms with Crippen molar-refractivity contribution in [1.29, 1.82) is 0 Å². The maximum atomic E-state index is 11.5. The Morgan fingerprint density at radius 1 is 1.30 bits per heavy atom. The summed E-state index contributed by atoms with van der Waals surface area (Å²) in [7, 11) is 1.46. The molecule has 4 heteroatoms. The molecule has 110 valence electrons. The Morgan fingerprint density at radius 3 is 2.40 bits per heavy atom. The van der Waals surface area contributed by atoms with Gasteiger partial charge in [0.15, 0.2) is 0 Å². The fraction of sp³-hybridized carbons (Fsp3) is 0.625. The van der Waals surface area contributed by atoms with Gasteiger partial charge in [-0.3, -0.25) is 4.79 Å². The van der Waals surface area contributed by atoms with Crippen LogP contribution in [0, 0.1) is 5.92 Å². The van der Waals surface area contributed by atoms with E-state index < -0.39 is 0 Å². The van der Waals surface area contributed by atoms with Gasteiger partial charge in [0.05, 0.1) is 13.0 Å². The average Bonchev–Trinajstić information content (AvgIpc) is 2.46. The summed E-state index contributed by atoms with van der Waals surface area (Å²) in [5.41, 5.74) is 1.37. The summed E-state index contributed by atoms with van der Waals surface area (Å²) < 4.78 is 4.81. The molecule has 1 fully saturated rings. The molecular formula is C16H24N2O2. The number of carbonyl (C=O) groups is 1. The summed E-state index contributed by atoms with van der Waals surface area (Å²) in [6.45, 7) is 8.28. The number of piperidine rings is 1. The van der Waals surface area contributed by atoms with Crippen molar-refractivity contribution < 1.29 is 9.53 Å². The molecular weight excluding hydrogens is 252 g/mol. The van der Waals surface area contributed by atoms with E-state index in [1.54, 1.807) is 0 Å². The lowest BCUT2D eigenvalue weighted by molar-refractivity contribution is -0.146. The molecule has 2 rings (SSSR count). The molecule has 2 heterocycles. The Kier molecular flexibility index (Phi) is 4.31. The molecule has 20 heavy (non-hydrogen) atoms. The van der Waals surface area contributed by atoms with Crippen molar-refractivity contribution in [1.82, 2.24) is 4.98 Å². The second-order valence-corrected chi connectivity index (χ2v) is 6.44. The molecule has 0 unspecified atom stereocenters. The van der Waals surface area contributed by atoms with Crippen LogP contribution in [0.25, 0.3) is 0 Å². The minimum Gasteiger partial charge on any atom is -0.469 e. The standard InChI is InChI=1S/C16H24N2O2/c1-16(2,3)13-5-6-14(17-11-13)18-9-7-12(8-10-18)15(19)20-4/h5-6,11-12H,7-10H2,1-4H3. The Balaban J connectivity index is 1.99. The van der Waals surface area contributed by atoms with Gasteiger partial charge in [0.2, 0.25) is 0 Å². The summed E-state index contributed by atoms with van der Waals surface area (Å²) in [5.74, 6) is 0.965. The quantitative estimate of drug-likeness (QED) is 0.779. The largest absolute Gasteiger partial charge is 0.469 e. The third-order valence-corrected chi connectivity index (χ3v) is 3.97. The second-order valence-electron chi connectivity index (χ2n) is 6.44. The third-order valence-electron chi connectivity index (χ3n) is 3.97. The van der Waals surface area contributed by atoms with Gasteiger partial charge < -0.3 is 9.64 Å². The molecule has 0 aliphatic carbocycles. The van der Waals surface area contributed by atoms with E-state index in [1.807, 2.05) is 6.20 Å². The minimum absolute atomic E-state index is 0.0464. The van der Waals surface area contributed by atoms with E-state index in [9.17, 15) is 4.79 Å². The first-order valence-electron chi connectivity index (χ1n) is 7.21. The Labute approximate surface area is 121 Å². The number of nitrogens with zero attached hydrogens (tertiary/aromatic N) is 2. The zero-order chi connectivity index (χ0) is 14.8. The molecule has 1 saturated heterocycles. The first kappa shape index (κ1) is 14.8. The lowest BCUT2D eigenvalue weighted by Crippen LogP contribution is -2.37. The van der Waals surface area contributed by atoms with E-state index in [4.69, 9.17) is 4.74 Å². The predicted molar refractivity (Wildman–Crippen MR) is 79.9 cm³/mol. The van der Waals surface area contributed by atoms with Crippen LogP contribution in [0.5, 0.6) is 0 Å². The molecule has 0 spiro atoms. The molecule has 0 saturated carbocycles. The van der Waals surface area contributed by atoms with Gasteiger partial charge >= 0.3 is 5.97 Å². The van der Waals surface area contributed by atoms with E-state index >= 15 is 0 Å². The number of anilines is 1. The first-order chi connectivity index (χ1) is 9.41. The van der Waals surface area contributed by atoms with Gasteiger partial charge in [-0.25, -0.2) is 4.98 Å². The van der Waals surface area contributed by atoms with Crippen LogP contribution in [0.15, 0.2) is 18.3 Å². The molecule has 1 aliphatic heterocycles. The maximum Gasteiger partial charge on any atom is 0.308 e. The van der Waals surface area contributed by atoms with Gasteiger partial charge in [0, 0.05) is 19.3 Å². The number of pyridine rings is 1. The lowest BCUT2D eigenvalue weighted by Gasteiger charge is -2.31. The Morgan fingerprint density at radius 2 is 1.95 bits per heavy atom. The van der Waals surface area contributed by atoms with Crippen molar-refractivity contribution in [3.8, 4) is 0 Å². The van der Waals surface area contributed by atoms with Crippen LogP contribution in [-0.4, -0.2) is 31.2 Å². The third kappa shape index (κ3) is 3.30. The topological polar surface area (TPSA) is 42.4 Å². The molecule has 0 aromatic carbocycles. The summed E-state index contributed by atoms with van der Waals surface area (Å²) in [4.78, 5) is 18.3. The summed E-state index contributed by atoms with van der Waals surface area (Å²) in [6.07, 6.45) is 3.65. The normalized spacial score (nSPS) is 17.1. The smallest absolute Gasteiger partial charge is 0.308 e. The maximum absolute atomic E-state index is 11.5. The summed E-state index contributed by atoms with van der Waals surface area (Å²) in [5, 5.41) is 0. The van der Waals surface area contributed by atoms with Crippen LogP contribution in [0.2, 0.25) is 0 Å². The highest BCUT2D eigenvalue weighted by atomic mass is 16.5. The van der Waals surface area contributed by atoms with Crippen molar-refractivity contribution in [2.24, 2.45) is 5.92 Å². The van der Waals surface area contributed by atoms with E-state index in [0.29, 0.717) is 0 Å². The number of methoxy groups -OCH3 is 1. The van der Waals surface area contributed by atoms with Crippen LogP contribution in [-0.2, 0) is 14.9 Å². The predicted octanol–water partition coefficient (Wildman–Crippen LogP) is 2.77. The van der Waals surface area contributed by atoms with E-state index in [-0.39, 0.29) is 17.3 Å². The van der Waals surface area contributed by atoms with Gasteiger partial charge in [0.25, 0.3) is 0 Å². The number of esters is 1. The van der Waals surface area contributed by atoms with Gasteiger partial charge in [0.1, 0.15) is 5.82 Å².